The molecular weight excluding hydrogens is 375 g/mol. The van der Waals surface area contributed by atoms with Crippen molar-refractivity contribution in [3.63, 3.8) is 0 Å². The number of benzene rings is 1. The Morgan fingerprint density at radius 2 is 1.86 bits per heavy atom. The topological polar surface area (TPSA) is 95.1 Å². The summed E-state index contributed by atoms with van der Waals surface area (Å²) in [5, 5.41) is 6.89. The number of imide groups is 1. The van der Waals surface area contributed by atoms with E-state index < -0.39 is 0 Å². The van der Waals surface area contributed by atoms with E-state index in [1.807, 2.05) is 19.1 Å². The second-order valence-electron chi connectivity index (χ2n) is 6.94. The number of carbonyl (C=O) groups is 2. The zero-order chi connectivity index (χ0) is 20.4. The molecule has 1 fully saturated rings. The molecular formula is C20H19FN6O2. The Bertz CT molecular complexity index is 1020. The number of nitrogens with one attached hydrogen (secondary N) is 1. The molecule has 0 spiro atoms. The van der Waals surface area contributed by atoms with Gasteiger partial charge in [-0.1, -0.05) is 6.92 Å². The van der Waals surface area contributed by atoms with Gasteiger partial charge in [0.1, 0.15) is 18.2 Å². The average molecular weight is 394 g/mol. The van der Waals surface area contributed by atoms with Crippen LogP contribution >= 0.6 is 0 Å². The molecule has 2 aromatic heterocycles. The van der Waals surface area contributed by atoms with Crippen molar-refractivity contribution in [1.82, 2.24) is 30.0 Å². The van der Waals surface area contributed by atoms with Gasteiger partial charge in [0.2, 0.25) is 5.91 Å². The predicted octanol–water partition coefficient (Wildman–Crippen LogP) is 2.57. The zero-order valence-corrected chi connectivity index (χ0v) is 15.7. The second-order valence-corrected chi connectivity index (χ2v) is 6.94. The monoisotopic (exact) mass is 394 g/mol. The Kier molecular flexibility index (Phi) is 5.03. The van der Waals surface area contributed by atoms with Gasteiger partial charge in [-0.25, -0.2) is 14.2 Å². The van der Waals surface area contributed by atoms with Crippen molar-refractivity contribution in [2.75, 3.05) is 13.1 Å². The van der Waals surface area contributed by atoms with E-state index >= 15 is 0 Å². The smallest absolute Gasteiger partial charge is 0.307 e. The van der Waals surface area contributed by atoms with E-state index in [4.69, 9.17) is 0 Å². The molecule has 1 aliphatic rings. The van der Waals surface area contributed by atoms with Crippen LogP contribution in [-0.2, 0) is 11.3 Å². The van der Waals surface area contributed by atoms with Crippen LogP contribution in [0.15, 0.2) is 48.8 Å². The summed E-state index contributed by atoms with van der Waals surface area (Å²) < 4.78 is 13.1. The third-order valence-electron chi connectivity index (χ3n) is 4.83. The standard InChI is InChI=1S/C20H19FN6O2/c1-13(14-6-8-22-9-7-14)10-27-18(28)12-26(20(27)29)11-17-23-19(25-24-17)15-2-4-16(21)5-3-15/h2-9,13H,10-12H2,1H3,(H,23,24,25). The summed E-state index contributed by atoms with van der Waals surface area (Å²) >= 11 is 0. The number of aromatic amines is 1. The maximum absolute atomic E-state index is 13.1. The number of carbonyl (C=O) groups excluding carboxylic acids is 2. The van der Waals surface area contributed by atoms with Crippen LogP contribution in [0.1, 0.15) is 24.2 Å². The SMILES string of the molecule is CC(CN1C(=O)CN(Cc2nc(-c3ccc(F)cc3)n[nH]2)C1=O)c1ccncc1. The molecule has 1 aliphatic heterocycles. The van der Waals surface area contributed by atoms with Gasteiger partial charge in [-0.3, -0.25) is 19.8 Å². The number of urea groups is 1. The summed E-state index contributed by atoms with van der Waals surface area (Å²) in [5.74, 6) is 0.276. The first kappa shape index (κ1) is 18.7. The molecule has 0 saturated carbocycles. The largest absolute Gasteiger partial charge is 0.327 e. The number of hydrogen-bond donors (Lipinski definition) is 1. The summed E-state index contributed by atoms with van der Waals surface area (Å²) in [4.78, 5) is 36.1. The van der Waals surface area contributed by atoms with Crippen molar-refractivity contribution in [3.8, 4) is 11.4 Å². The third-order valence-corrected chi connectivity index (χ3v) is 4.83. The molecule has 1 N–H and O–H groups in total. The average Bonchev–Trinajstić information content (AvgIpc) is 3.29. The van der Waals surface area contributed by atoms with Crippen molar-refractivity contribution in [3.05, 3.63) is 66.0 Å². The summed E-state index contributed by atoms with van der Waals surface area (Å²) in [7, 11) is 0. The van der Waals surface area contributed by atoms with Crippen LogP contribution in [0.4, 0.5) is 9.18 Å². The van der Waals surface area contributed by atoms with Crippen molar-refractivity contribution >= 4 is 11.9 Å². The Morgan fingerprint density at radius 3 is 2.59 bits per heavy atom. The Labute approximate surface area is 166 Å². The molecule has 0 radical (unpaired) electrons. The lowest BCUT2D eigenvalue weighted by atomic mass is 10.0. The summed E-state index contributed by atoms with van der Waals surface area (Å²) in [5.41, 5.74) is 1.67. The van der Waals surface area contributed by atoms with Crippen molar-refractivity contribution < 1.29 is 14.0 Å². The quantitative estimate of drug-likeness (QED) is 0.649. The maximum Gasteiger partial charge on any atom is 0.327 e. The summed E-state index contributed by atoms with van der Waals surface area (Å²) in [6, 6.07) is 9.21. The van der Waals surface area contributed by atoms with E-state index in [0.717, 1.165) is 5.56 Å². The highest BCUT2D eigenvalue weighted by atomic mass is 19.1. The van der Waals surface area contributed by atoms with Crippen molar-refractivity contribution in [1.29, 1.82) is 0 Å². The second kappa shape index (κ2) is 7.78. The summed E-state index contributed by atoms with van der Waals surface area (Å²) in [6.07, 6.45) is 3.38. The van der Waals surface area contributed by atoms with Gasteiger partial charge in [0, 0.05) is 24.5 Å². The highest BCUT2D eigenvalue weighted by Crippen LogP contribution is 2.21. The lowest BCUT2D eigenvalue weighted by molar-refractivity contribution is -0.125. The number of amides is 3. The van der Waals surface area contributed by atoms with E-state index in [1.54, 1.807) is 24.5 Å². The highest BCUT2D eigenvalue weighted by Gasteiger charge is 2.37. The van der Waals surface area contributed by atoms with Gasteiger partial charge < -0.3 is 4.90 Å². The minimum Gasteiger partial charge on any atom is -0.307 e. The number of halogens is 1. The Hall–Kier alpha value is -3.62. The number of aromatic nitrogens is 4. The van der Waals surface area contributed by atoms with Crippen molar-refractivity contribution in [2.24, 2.45) is 0 Å². The van der Waals surface area contributed by atoms with Crippen LogP contribution in [-0.4, -0.2) is 55.0 Å². The lowest BCUT2D eigenvalue weighted by Gasteiger charge is -2.20. The molecule has 148 valence electrons. The first-order valence-electron chi connectivity index (χ1n) is 9.17. The van der Waals surface area contributed by atoms with Crippen LogP contribution in [0.2, 0.25) is 0 Å². The number of pyridine rings is 1. The molecule has 3 amide bonds. The number of nitrogens with zero attached hydrogens (tertiary/aromatic N) is 5. The molecule has 29 heavy (non-hydrogen) atoms. The highest BCUT2D eigenvalue weighted by molar-refractivity contribution is 6.02. The van der Waals surface area contributed by atoms with Gasteiger partial charge in [0.25, 0.3) is 0 Å². The molecule has 9 heteroatoms. The third kappa shape index (κ3) is 3.98. The fourth-order valence-corrected chi connectivity index (χ4v) is 3.24. The van der Waals surface area contributed by atoms with E-state index in [-0.39, 0.29) is 36.8 Å². The molecule has 1 aromatic carbocycles. The van der Waals surface area contributed by atoms with Crippen LogP contribution in [0.25, 0.3) is 11.4 Å². The van der Waals surface area contributed by atoms with Crippen LogP contribution < -0.4 is 0 Å². The normalized spacial score (nSPS) is 15.2. The maximum atomic E-state index is 13.1. The van der Waals surface area contributed by atoms with Gasteiger partial charge in [-0.05, 0) is 47.9 Å². The first-order valence-corrected chi connectivity index (χ1v) is 9.17. The van der Waals surface area contributed by atoms with Crippen molar-refractivity contribution in [2.45, 2.75) is 19.4 Å². The minimum absolute atomic E-state index is 0.00112. The van der Waals surface area contributed by atoms with Gasteiger partial charge in [-0.15, -0.1) is 0 Å². The lowest BCUT2D eigenvalue weighted by Crippen LogP contribution is -2.35. The van der Waals surface area contributed by atoms with E-state index in [0.29, 0.717) is 23.8 Å². The zero-order valence-electron chi connectivity index (χ0n) is 15.7. The van der Waals surface area contributed by atoms with E-state index in [9.17, 15) is 14.0 Å². The number of H-pyrrole nitrogens is 1. The first-order chi connectivity index (χ1) is 14.0. The molecule has 8 nitrogen and oxygen atoms in total. The molecule has 3 aromatic rings. The molecule has 4 rings (SSSR count). The Morgan fingerprint density at radius 1 is 1.14 bits per heavy atom. The van der Waals surface area contributed by atoms with Crippen LogP contribution in [0.3, 0.4) is 0 Å². The number of rotatable bonds is 6. The predicted molar refractivity (Wildman–Crippen MR) is 102 cm³/mol. The molecule has 1 saturated heterocycles. The van der Waals surface area contributed by atoms with E-state index in [2.05, 4.69) is 20.2 Å². The molecule has 1 atom stereocenters. The molecule has 1 unspecified atom stereocenters. The fraction of sp³-hybridized carbons (Fsp3) is 0.250. The summed E-state index contributed by atoms with van der Waals surface area (Å²) in [6.45, 7) is 2.40. The minimum atomic E-state index is -0.351. The van der Waals surface area contributed by atoms with Gasteiger partial charge >= 0.3 is 6.03 Å². The molecule has 3 heterocycles. The van der Waals surface area contributed by atoms with Gasteiger partial charge in [0.05, 0.1) is 6.54 Å². The number of hydrogen-bond acceptors (Lipinski definition) is 5. The molecule has 0 aliphatic carbocycles. The van der Waals surface area contributed by atoms with E-state index in [1.165, 1.54) is 21.9 Å². The van der Waals surface area contributed by atoms with Gasteiger partial charge in [-0.2, -0.15) is 5.10 Å². The Balaban J connectivity index is 1.42. The van der Waals surface area contributed by atoms with Crippen LogP contribution in [0, 0.1) is 5.82 Å². The fourth-order valence-electron chi connectivity index (χ4n) is 3.24. The van der Waals surface area contributed by atoms with Gasteiger partial charge in [0.15, 0.2) is 5.82 Å². The van der Waals surface area contributed by atoms with Crippen LogP contribution in [0.5, 0.6) is 0 Å². The molecule has 0 bridgehead atoms.